The maximum absolute atomic E-state index is 13.0. The third kappa shape index (κ3) is 4.34. The Balaban J connectivity index is 1.96. The first-order valence-electron chi connectivity index (χ1n) is 6.80. The number of hydrogen-bond donors (Lipinski definition) is 1. The Morgan fingerprint density at radius 2 is 1.45 bits per heavy atom. The Morgan fingerprint density at radius 3 is 2.00 bits per heavy atom. The average molecular weight is 275 g/mol. The van der Waals surface area contributed by atoms with Gasteiger partial charge in [0.25, 0.3) is 0 Å². The minimum atomic E-state index is -0.570. The van der Waals surface area contributed by atoms with Crippen molar-refractivity contribution in [2.24, 2.45) is 5.92 Å². The van der Waals surface area contributed by atoms with Crippen molar-refractivity contribution in [3.63, 3.8) is 0 Å². The standard InChI is InChI=1S/C17H19F2N/c1-12(2)7-13-3-5-14(6-4-13)11-20-17-9-15(18)8-16(19)10-17/h3-6,8-10,12,20H,7,11H2,1-2H3. The summed E-state index contributed by atoms with van der Waals surface area (Å²) in [6.45, 7) is 4.92. The van der Waals surface area contributed by atoms with E-state index in [0.29, 0.717) is 18.2 Å². The van der Waals surface area contributed by atoms with Gasteiger partial charge in [0.2, 0.25) is 0 Å². The number of benzene rings is 2. The van der Waals surface area contributed by atoms with E-state index in [-0.39, 0.29) is 0 Å². The predicted molar refractivity (Wildman–Crippen MR) is 78.7 cm³/mol. The van der Waals surface area contributed by atoms with E-state index >= 15 is 0 Å². The number of halogens is 2. The van der Waals surface area contributed by atoms with Crippen LogP contribution in [0.3, 0.4) is 0 Å². The first-order valence-corrected chi connectivity index (χ1v) is 6.80. The molecule has 3 heteroatoms. The van der Waals surface area contributed by atoms with Crippen LogP contribution >= 0.6 is 0 Å². The van der Waals surface area contributed by atoms with Gasteiger partial charge in [0.15, 0.2) is 0 Å². The van der Waals surface area contributed by atoms with Crippen LogP contribution in [0.15, 0.2) is 42.5 Å². The molecule has 0 aromatic heterocycles. The molecule has 0 aliphatic rings. The van der Waals surface area contributed by atoms with E-state index in [1.807, 2.05) is 12.1 Å². The van der Waals surface area contributed by atoms with Gasteiger partial charge in [-0.15, -0.1) is 0 Å². The highest BCUT2D eigenvalue weighted by atomic mass is 19.1. The second-order valence-corrected chi connectivity index (χ2v) is 5.43. The van der Waals surface area contributed by atoms with Crippen LogP contribution in [-0.2, 0) is 13.0 Å². The molecule has 2 aromatic rings. The van der Waals surface area contributed by atoms with Gasteiger partial charge in [-0.2, -0.15) is 0 Å². The lowest BCUT2D eigenvalue weighted by atomic mass is 10.0. The first-order chi connectivity index (χ1) is 9.52. The van der Waals surface area contributed by atoms with Crippen LogP contribution in [0, 0.1) is 17.6 Å². The summed E-state index contributed by atoms with van der Waals surface area (Å²) in [5.74, 6) is -0.506. The van der Waals surface area contributed by atoms with Crippen molar-refractivity contribution in [2.75, 3.05) is 5.32 Å². The number of anilines is 1. The molecule has 0 radical (unpaired) electrons. The van der Waals surface area contributed by atoms with Crippen molar-refractivity contribution in [3.8, 4) is 0 Å². The van der Waals surface area contributed by atoms with Crippen LogP contribution in [0.4, 0.5) is 14.5 Å². The Hall–Kier alpha value is -1.90. The zero-order chi connectivity index (χ0) is 14.5. The van der Waals surface area contributed by atoms with Gasteiger partial charge in [0.05, 0.1) is 0 Å². The molecule has 0 atom stereocenters. The largest absolute Gasteiger partial charge is 0.381 e. The van der Waals surface area contributed by atoms with Crippen LogP contribution < -0.4 is 5.32 Å². The molecule has 0 bridgehead atoms. The molecule has 0 spiro atoms. The molecule has 0 aliphatic heterocycles. The normalized spacial score (nSPS) is 10.8. The van der Waals surface area contributed by atoms with Gasteiger partial charge in [-0.1, -0.05) is 38.1 Å². The van der Waals surface area contributed by atoms with Crippen LogP contribution in [-0.4, -0.2) is 0 Å². The van der Waals surface area contributed by atoms with Crippen molar-refractivity contribution in [3.05, 3.63) is 65.2 Å². The molecule has 1 nitrogen and oxygen atoms in total. The SMILES string of the molecule is CC(C)Cc1ccc(CNc2cc(F)cc(F)c2)cc1. The molecule has 0 unspecified atom stereocenters. The fraction of sp³-hybridized carbons (Fsp3) is 0.294. The summed E-state index contributed by atoms with van der Waals surface area (Å²) in [6.07, 6.45) is 1.06. The van der Waals surface area contributed by atoms with Gasteiger partial charge >= 0.3 is 0 Å². The third-order valence-electron chi connectivity index (χ3n) is 3.03. The maximum atomic E-state index is 13.0. The van der Waals surface area contributed by atoms with Crippen molar-refractivity contribution in [2.45, 2.75) is 26.8 Å². The second kappa shape index (κ2) is 6.51. The molecule has 106 valence electrons. The third-order valence-corrected chi connectivity index (χ3v) is 3.03. The smallest absolute Gasteiger partial charge is 0.128 e. The van der Waals surface area contributed by atoms with Crippen molar-refractivity contribution in [1.82, 2.24) is 0 Å². The fourth-order valence-electron chi connectivity index (χ4n) is 2.12. The van der Waals surface area contributed by atoms with Crippen molar-refractivity contribution < 1.29 is 8.78 Å². The Bertz CT molecular complexity index is 541. The van der Waals surface area contributed by atoms with E-state index in [9.17, 15) is 8.78 Å². The summed E-state index contributed by atoms with van der Waals surface area (Å²) in [5.41, 5.74) is 2.84. The lowest BCUT2D eigenvalue weighted by Crippen LogP contribution is -2.01. The molecule has 0 aliphatic carbocycles. The van der Waals surface area contributed by atoms with Crippen LogP contribution in [0.25, 0.3) is 0 Å². The zero-order valence-corrected chi connectivity index (χ0v) is 11.8. The molecule has 0 amide bonds. The molecule has 0 heterocycles. The van der Waals surface area contributed by atoms with Crippen LogP contribution in [0.5, 0.6) is 0 Å². The highest BCUT2D eigenvalue weighted by Crippen LogP contribution is 2.15. The molecule has 0 fully saturated rings. The second-order valence-electron chi connectivity index (χ2n) is 5.43. The molecule has 2 aromatic carbocycles. The highest BCUT2D eigenvalue weighted by Gasteiger charge is 2.01. The van der Waals surface area contributed by atoms with Crippen LogP contribution in [0.2, 0.25) is 0 Å². The summed E-state index contributed by atoms with van der Waals surface area (Å²) < 4.78 is 26.1. The van der Waals surface area contributed by atoms with E-state index in [1.165, 1.54) is 17.7 Å². The summed E-state index contributed by atoms with van der Waals surface area (Å²) >= 11 is 0. The minimum Gasteiger partial charge on any atom is -0.381 e. The summed E-state index contributed by atoms with van der Waals surface area (Å²) in [5, 5.41) is 3.02. The maximum Gasteiger partial charge on any atom is 0.128 e. The monoisotopic (exact) mass is 275 g/mol. The van der Waals surface area contributed by atoms with Gasteiger partial charge in [-0.3, -0.25) is 0 Å². The van der Waals surface area contributed by atoms with Gasteiger partial charge in [0, 0.05) is 18.3 Å². The quantitative estimate of drug-likeness (QED) is 0.828. The molecule has 1 N–H and O–H groups in total. The zero-order valence-electron chi connectivity index (χ0n) is 11.8. The van der Waals surface area contributed by atoms with E-state index < -0.39 is 11.6 Å². The van der Waals surface area contributed by atoms with Crippen molar-refractivity contribution in [1.29, 1.82) is 0 Å². The number of nitrogens with one attached hydrogen (secondary N) is 1. The molecule has 0 saturated heterocycles. The number of hydrogen-bond acceptors (Lipinski definition) is 1. The van der Waals surface area contributed by atoms with Crippen molar-refractivity contribution >= 4 is 5.69 Å². The molecular formula is C17H19F2N. The summed E-state index contributed by atoms with van der Waals surface area (Å²) in [7, 11) is 0. The Kier molecular flexibility index (Phi) is 4.72. The van der Waals surface area contributed by atoms with Gasteiger partial charge in [-0.25, -0.2) is 8.78 Å². The Morgan fingerprint density at radius 1 is 0.900 bits per heavy atom. The first kappa shape index (κ1) is 14.5. The minimum absolute atomic E-state index is 0.453. The van der Waals surface area contributed by atoms with Crippen LogP contribution in [0.1, 0.15) is 25.0 Å². The highest BCUT2D eigenvalue weighted by molar-refractivity contribution is 5.44. The molecular weight excluding hydrogens is 256 g/mol. The van der Waals surface area contributed by atoms with E-state index in [4.69, 9.17) is 0 Å². The van der Waals surface area contributed by atoms with E-state index in [0.717, 1.165) is 18.1 Å². The molecule has 20 heavy (non-hydrogen) atoms. The summed E-state index contributed by atoms with van der Waals surface area (Å²) in [6, 6.07) is 11.7. The van der Waals surface area contributed by atoms with E-state index in [2.05, 4.69) is 31.3 Å². The lowest BCUT2D eigenvalue weighted by molar-refractivity contribution is 0.584. The summed E-state index contributed by atoms with van der Waals surface area (Å²) in [4.78, 5) is 0. The number of rotatable bonds is 5. The average Bonchev–Trinajstić information content (AvgIpc) is 2.36. The van der Waals surface area contributed by atoms with E-state index in [1.54, 1.807) is 0 Å². The van der Waals surface area contributed by atoms with Gasteiger partial charge < -0.3 is 5.32 Å². The fourth-order valence-corrected chi connectivity index (χ4v) is 2.12. The predicted octanol–water partition coefficient (Wildman–Crippen LogP) is 4.78. The Labute approximate surface area is 118 Å². The molecule has 0 saturated carbocycles. The molecule has 2 rings (SSSR count). The van der Waals surface area contributed by atoms with Gasteiger partial charge in [0.1, 0.15) is 11.6 Å². The lowest BCUT2D eigenvalue weighted by Gasteiger charge is -2.09. The topological polar surface area (TPSA) is 12.0 Å². The van der Waals surface area contributed by atoms with Gasteiger partial charge in [-0.05, 0) is 35.6 Å².